The van der Waals surface area contributed by atoms with Gasteiger partial charge in [-0.05, 0) is 34.8 Å². The van der Waals surface area contributed by atoms with E-state index in [4.69, 9.17) is 0 Å². The van der Waals surface area contributed by atoms with E-state index in [9.17, 15) is 5.11 Å². The molecule has 0 saturated carbocycles. The molecule has 0 radical (unpaired) electrons. The van der Waals surface area contributed by atoms with Crippen molar-refractivity contribution in [1.82, 2.24) is 9.55 Å². The number of aliphatic hydroxyl groups excluding tert-OH is 1. The van der Waals surface area contributed by atoms with E-state index in [1.54, 1.807) is 0 Å². The van der Waals surface area contributed by atoms with E-state index in [-0.39, 0.29) is 6.10 Å². The van der Waals surface area contributed by atoms with Crippen LogP contribution in [0.2, 0.25) is 0 Å². The molecule has 1 aromatic heterocycles. The molecule has 94 valence electrons. The minimum Gasteiger partial charge on any atom is -0.393 e. The number of nitrogens with zero attached hydrogens (tertiary/aromatic N) is 2. The maximum Gasteiger partial charge on any atom is 0.141 e. The van der Waals surface area contributed by atoms with Crippen LogP contribution in [0.3, 0.4) is 0 Å². The lowest BCUT2D eigenvalue weighted by Crippen LogP contribution is -2.23. The quantitative estimate of drug-likeness (QED) is 0.879. The number of hydrogen-bond donors (Lipinski definition) is 1. The lowest BCUT2D eigenvalue weighted by atomic mass is 10.1. The summed E-state index contributed by atoms with van der Waals surface area (Å²) in [5, 5.41) is 9.75. The molecule has 3 rings (SSSR count). The summed E-state index contributed by atoms with van der Waals surface area (Å²) in [5.74, 6) is 1.00. The van der Waals surface area contributed by atoms with E-state index in [0.29, 0.717) is 6.42 Å². The second-order valence-corrected chi connectivity index (χ2v) is 5.54. The fourth-order valence-electron chi connectivity index (χ4n) is 2.53. The van der Waals surface area contributed by atoms with Crippen LogP contribution in [-0.4, -0.2) is 20.8 Å². The topological polar surface area (TPSA) is 38.0 Å². The van der Waals surface area contributed by atoms with E-state index >= 15 is 0 Å². The van der Waals surface area contributed by atoms with E-state index < -0.39 is 0 Å². The standard InChI is InChI=1S/C14H15BrN2O/c1-9-4-2-3-5-11(9)14-16-13(15)12-8-10(18)6-7-17(12)14/h2-5,10,18H,6-8H2,1H3. The number of imidazole rings is 1. The van der Waals surface area contributed by atoms with Gasteiger partial charge >= 0.3 is 0 Å². The number of aryl methyl sites for hydroxylation is 1. The average molecular weight is 307 g/mol. The monoisotopic (exact) mass is 306 g/mol. The van der Waals surface area contributed by atoms with Crippen LogP contribution in [-0.2, 0) is 13.0 Å². The molecular weight excluding hydrogens is 292 g/mol. The fraction of sp³-hybridized carbons (Fsp3) is 0.357. The first-order valence-electron chi connectivity index (χ1n) is 6.16. The summed E-state index contributed by atoms with van der Waals surface area (Å²) in [5.41, 5.74) is 3.50. The van der Waals surface area contributed by atoms with Crippen LogP contribution in [0, 0.1) is 6.92 Å². The van der Waals surface area contributed by atoms with Crippen molar-refractivity contribution < 1.29 is 5.11 Å². The van der Waals surface area contributed by atoms with E-state index in [1.807, 2.05) is 12.1 Å². The average Bonchev–Trinajstić information content (AvgIpc) is 2.67. The van der Waals surface area contributed by atoms with E-state index in [2.05, 4.69) is 44.5 Å². The van der Waals surface area contributed by atoms with Crippen LogP contribution in [0.4, 0.5) is 0 Å². The van der Waals surface area contributed by atoms with Crippen molar-refractivity contribution >= 4 is 15.9 Å². The van der Waals surface area contributed by atoms with Crippen molar-refractivity contribution in [2.45, 2.75) is 32.4 Å². The van der Waals surface area contributed by atoms with Crippen LogP contribution in [0.15, 0.2) is 28.9 Å². The first kappa shape index (κ1) is 11.9. The number of benzene rings is 1. The number of aliphatic hydroxyl groups is 1. The molecule has 1 N–H and O–H groups in total. The van der Waals surface area contributed by atoms with Gasteiger partial charge in [-0.1, -0.05) is 24.3 Å². The zero-order valence-corrected chi connectivity index (χ0v) is 11.8. The predicted molar refractivity (Wildman–Crippen MR) is 74.4 cm³/mol. The highest BCUT2D eigenvalue weighted by molar-refractivity contribution is 9.10. The van der Waals surface area contributed by atoms with Gasteiger partial charge in [0.15, 0.2) is 0 Å². The molecule has 0 spiro atoms. The molecule has 2 heterocycles. The summed E-state index contributed by atoms with van der Waals surface area (Å²) >= 11 is 3.51. The van der Waals surface area contributed by atoms with Crippen LogP contribution in [0.1, 0.15) is 17.7 Å². The number of hydrogen-bond acceptors (Lipinski definition) is 2. The Labute approximate surface area is 115 Å². The fourth-order valence-corrected chi connectivity index (χ4v) is 3.07. The largest absolute Gasteiger partial charge is 0.393 e. The molecule has 0 amide bonds. The molecule has 0 aliphatic carbocycles. The summed E-state index contributed by atoms with van der Waals surface area (Å²) in [6.07, 6.45) is 1.24. The lowest BCUT2D eigenvalue weighted by Gasteiger charge is -2.21. The smallest absolute Gasteiger partial charge is 0.141 e. The molecule has 1 atom stereocenters. The first-order chi connectivity index (χ1) is 8.66. The molecule has 1 aliphatic rings. The highest BCUT2D eigenvalue weighted by Gasteiger charge is 2.24. The first-order valence-corrected chi connectivity index (χ1v) is 6.95. The van der Waals surface area contributed by atoms with Gasteiger partial charge in [-0.3, -0.25) is 0 Å². The molecule has 1 aliphatic heterocycles. The highest BCUT2D eigenvalue weighted by atomic mass is 79.9. The van der Waals surface area contributed by atoms with Gasteiger partial charge in [0.25, 0.3) is 0 Å². The molecule has 3 nitrogen and oxygen atoms in total. The second kappa shape index (κ2) is 4.52. The molecular formula is C14H15BrN2O. The Balaban J connectivity index is 2.15. The third-order valence-corrected chi connectivity index (χ3v) is 4.16. The van der Waals surface area contributed by atoms with Crippen LogP contribution >= 0.6 is 15.9 Å². The number of aromatic nitrogens is 2. The number of halogens is 1. The molecule has 1 unspecified atom stereocenters. The minimum absolute atomic E-state index is 0.241. The van der Waals surface area contributed by atoms with Gasteiger partial charge in [0.2, 0.25) is 0 Å². The van der Waals surface area contributed by atoms with Crippen molar-refractivity contribution in [2.24, 2.45) is 0 Å². The van der Waals surface area contributed by atoms with Crippen molar-refractivity contribution in [1.29, 1.82) is 0 Å². The molecule has 18 heavy (non-hydrogen) atoms. The number of rotatable bonds is 1. The zero-order valence-electron chi connectivity index (χ0n) is 10.2. The normalized spacial score (nSPS) is 18.7. The highest BCUT2D eigenvalue weighted by Crippen LogP contribution is 2.31. The Morgan fingerprint density at radius 3 is 2.94 bits per heavy atom. The lowest BCUT2D eigenvalue weighted by molar-refractivity contribution is 0.143. The van der Waals surface area contributed by atoms with Gasteiger partial charge in [-0.25, -0.2) is 4.98 Å². The second-order valence-electron chi connectivity index (χ2n) is 4.79. The summed E-state index contributed by atoms with van der Waals surface area (Å²) in [6.45, 7) is 2.93. The number of fused-ring (bicyclic) bond motifs is 1. The summed E-state index contributed by atoms with van der Waals surface area (Å²) in [7, 11) is 0. The maximum absolute atomic E-state index is 9.75. The van der Waals surface area contributed by atoms with Crippen LogP contribution in [0.25, 0.3) is 11.4 Å². The third-order valence-electron chi connectivity index (χ3n) is 3.52. The Morgan fingerprint density at radius 2 is 2.17 bits per heavy atom. The van der Waals surface area contributed by atoms with Gasteiger partial charge in [-0.2, -0.15) is 0 Å². The predicted octanol–water partition coefficient (Wildman–Crippen LogP) is 2.93. The van der Waals surface area contributed by atoms with E-state index in [1.165, 1.54) is 11.1 Å². The van der Waals surface area contributed by atoms with Crippen molar-refractivity contribution in [2.75, 3.05) is 0 Å². The Hall–Kier alpha value is -1.13. The van der Waals surface area contributed by atoms with Crippen molar-refractivity contribution in [3.63, 3.8) is 0 Å². The van der Waals surface area contributed by atoms with Gasteiger partial charge in [0.05, 0.1) is 11.8 Å². The molecule has 1 aromatic carbocycles. The minimum atomic E-state index is -0.241. The Bertz CT molecular complexity index is 591. The van der Waals surface area contributed by atoms with E-state index in [0.717, 1.165) is 29.1 Å². The van der Waals surface area contributed by atoms with Crippen LogP contribution < -0.4 is 0 Å². The summed E-state index contributed by atoms with van der Waals surface area (Å²) in [4.78, 5) is 4.63. The zero-order chi connectivity index (χ0) is 12.7. The third kappa shape index (κ3) is 1.89. The molecule has 0 bridgehead atoms. The van der Waals surface area contributed by atoms with Crippen molar-refractivity contribution in [3.8, 4) is 11.4 Å². The Morgan fingerprint density at radius 1 is 1.39 bits per heavy atom. The van der Waals surface area contributed by atoms with Gasteiger partial charge in [0, 0.05) is 18.5 Å². The van der Waals surface area contributed by atoms with Gasteiger partial charge < -0.3 is 9.67 Å². The summed E-state index contributed by atoms with van der Waals surface area (Å²) < 4.78 is 3.08. The van der Waals surface area contributed by atoms with Crippen LogP contribution in [0.5, 0.6) is 0 Å². The SMILES string of the molecule is Cc1ccccc1-c1nc(Br)c2n1CCC(O)C2. The molecule has 0 saturated heterocycles. The molecule has 4 heteroatoms. The maximum atomic E-state index is 9.75. The van der Waals surface area contributed by atoms with Crippen molar-refractivity contribution in [3.05, 3.63) is 40.1 Å². The Kier molecular flexibility index (Phi) is 2.99. The molecule has 2 aromatic rings. The van der Waals surface area contributed by atoms with Gasteiger partial charge in [0.1, 0.15) is 10.4 Å². The summed E-state index contributed by atoms with van der Waals surface area (Å²) in [6, 6.07) is 8.28. The van der Waals surface area contributed by atoms with Gasteiger partial charge in [-0.15, -0.1) is 0 Å². The molecule has 0 fully saturated rings.